The SMILES string of the molecule is C=C(C)C(=O)OOOC(=O)C(=C)C.OCCOCCO. The number of hydrogen-bond acceptors (Lipinski definition) is 8. The maximum Gasteiger partial charge on any atom is 0.372 e. The number of aliphatic hydroxyl groups is 2. The van der Waals surface area contributed by atoms with E-state index < -0.39 is 11.9 Å². The molecule has 8 heteroatoms. The van der Waals surface area contributed by atoms with Crippen molar-refractivity contribution in [2.45, 2.75) is 13.8 Å². The largest absolute Gasteiger partial charge is 0.394 e. The van der Waals surface area contributed by atoms with E-state index in [0.717, 1.165) is 0 Å². The van der Waals surface area contributed by atoms with E-state index >= 15 is 0 Å². The van der Waals surface area contributed by atoms with Crippen LogP contribution in [0.2, 0.25) is 0 Å². The first-order chi connectivity index (χ1) is 9.36. The van der Waals surface area contributed by atoms with Crippen molar-refractivity contribution in [1.82, 2.24) is 0 Å². The van der Waals surface area contributed by atoms with E-state index in [1.165, 1.54) is 13.8 Å². The zero-order valence-corrected chi connectivity index (χ0v) is 11.6. The van der Waals surface area contributed by atoms with Crippen molar-refractivity contribution in [3.8, 4) is 0 Å². The standard InChI is InChI=1S/C8H10O5.C4H10O3/c1-5(2)7(9)11-13-12-8(10)6(3)4;5-1-3-7-4-2-6/h1,3H2,2,4H3;5-6H,1-4H2. The minimum absolute atomic E-state index is 0.0278. The van der Waals surface area contributed by atoms with Crippen LogP contribution in [-0.2, 0) is 29.1 Å². The second-order valence-electron chi connectivity index (χ2n) is 3.43. The summed E-state index contributed by atoms with van der Waals surface area (Å²) in [5, 5.41) is 20.0. The lowest BCUT2D eigenvalue weighted by atomic mass is 10.4. The molecule has 0 aromatic heterocycles. The van der Waals surface area contributed by atoms with Crippen LogP contribution < -0.4 is 0 Å². The predicted octanol–water partition coefficient (Wildman–Crippen LogP) is 0.0592. The van der Waals surface area contributed by atoms with Crippen LogP contribution in [0.1, 0.15) is 13.8 Å². The lowest BCUT2D eigenvalue weighted by Crippen LogP contribution is -2.11. The lowest BCUT2D eigenvalue weighted by molar-refractivity contribution is -0.456. The molecule has 0 aromatic rings. The van der Waals surface area contributed by atoms with Gasteiger partial charge in [0.1, 0.15) is 0 Å². The monoisotopic (exact) mass is 292 g/mol. The van der Waals surface area contributed by atoms with Crippen LogP contribution >= 0.6 is 0 Å². The molecule has 2 N–H and O–H groups in total. The minimum atomic E-state index is -0.811. The van der Waals surface area contributed by atoms with Crippen LogP contribution in [0.25, 0.3) is 0 Å². The van der Waals surface area contributed by atoms with Crippen molar-refractivity contribution in [2.75, 3.05) is 26.4 Å². The first-order valence-electron chi connectivity index (χ1n) is 5.57. The Hall–Kier alpha value is -1.74. The fourth-order valence-electron chi connectivity index (χ4n) is 0.452. The van der Waals surface area contributed by atoms with Crippen LogP contribution in [0, 0.1) is 0 Å². The van der Waals surface area contributed by atoms with Gasteiger partial charge in [0.15, 0.2) is 0 Å². The molecule has 0 unspecified atom stereocenters. The maximum absolute atomic E-state index is 10.6. The number of ether oxygens (including phenoxy) is 1. The smallest absolute Gasteiger partial charge is 0.372 e. The van der Waals surface area contributed by atoms with Crippen LogP contribution in [0.3, 0.4) is 0 Å². The van der Waals surface area contributed by atoms with E-state index in [2.05, 4.69) is 32.7 Å². The van der Waals surface area contributed by atoms with Crippen LogP contribution in [0.15, 0.2) is 24.3 Å². The fraction of sp³-hybridized carbons (Fsp3) is 0.500. The highest BCUT2D eigenvalue weighted by molar-refractivity contribution is 5.87. The summed E-state index contributed by atoms with van der Waals surface area (Å²) < 4.78 is 4.63. The predicted molar refractivity (Wildman–Crippen MR) is 67.9 cm³/mol. The number of hydrogen-bond donors (Lipinski definition) is 2. The average molecular weight is 292 g/mol. The summed E-state index contributed by atoms with van der Waals surface area (Å²) in [5.41, 5.74) is 0.262. The Morgan fingerprint density at radius 1 is 0.900 bits per heavy atom. The van der Waals surface area contributed by atoms with Crippen molar-refractivity contribution < 1.29 is 39.4 Å². The highest BCUT2D eigenvalue weighted by Gasteiger charge is 2.08. The summed E-state index contributed by atoms with van der Waals surface area (Å²) in [6.45, 7) is 10.1. The van der Waals surface area contributed by atoms with Gasteiger partial charge in [-0.15, -0.1) is 0 Å². The van der Waals surface area contributed by atoms with Gasteiger partial charge in [-0.1, -0.05) is 13.2 Å². The Kier molecular flexibility index (Phi) is 14.1. The van der Waals surface area contributed by atoms with E-state index in [-0.39, 0.29) is 24.4 Å². The third kappa shape index (κ3) is 14.3. The second kappa shape index (κ2) is 13.7. The molecular weight excluding hydrogens is 272 g/mol. The summed E-state index contributed by atoms with van der Waals surface area (Å²) in [5.74, 6) is -1.62. The van der Waals surface area contributed by atoms with Crippen molar-refractivity contribution in [2.24, 2.45) is 0 Å². The molecular formula is C12H20O8. The minimum Gasteiger partial charge on any atom is -0.394 e. The number of aliphatic hydroxyl groups excluding tert-OH is 2. The van der Waals surface area contributed by atoms with Crippen molar-refractivity contribution in [1.29, 1.82) is 0 Å². The molecule has 0 amide bonds. The molecule has 0 spiro atoms. The van der Waals surface area contributed by atoms with Gasteiger partial charge in [0, 0.05) is 16.2 Å². The van der Waals surface area contributed by atoms with Crippen LogP contribution in [-0.4, -0.2) is 48.6 Å². The van der Waals surface area contributed by atoms with Gasteiger partial charge < -0.3 is 14.9 Å². The van der Waals surface area contributed by atoms with Gasteiger partial charge in [-0.2, -0.15) is 0 Å². The molecule has 0 heterocycles. The van der Waals surface area contributed by atoms with E-state index in [9.17, 15) is 9.59 Å². The number of carbonyl (C=O) groups excluding carboxylic acids is 2. The quantitative estimate of drug-likeness (QED) is 0.279. The molecule has 0 radical (unpaired) electrons. The first-order valence-corrected chi connectivity index (χ1v) is 5.57. The van der Waals surface area contributed by atoms with E-state index in [1.807, 2.05) is 0 Å². The molecule has 0 aliphatic heterocycles. The fourth-order valence-corrected chi connectivity index (χ4v) is 0.452. The molecule has 0 atom stereocenters. The molecule has 0 bridgehead atoms. The van der Waals surface area contributed by atoms with Crippen molar-refractivity contribution >= 4 is 11.9 Å². The Balaban J connectivity index is 0. The molecule has 0 aliphatic carbocycles. The Bertz CT molecular complexity index is 293. The van der Waals surface area contributed by atoms with Gasteiger partial charge in [0.2, 0.25) is 0 Å². The van der Waals surface area contributed by atoms with Crippen LogP contribution in [0.4, 0.5) is 0 Å². The zero-order valence-electron chi connectivity index (χ0n) is 11.6. The van der Waals surface area contributed by atoms with Gasteiger partial charge in [0.25, 0.3) is 0 Å². The van der Waals surface area contributed by atoms with Crippen molar-refractivity contribution in [3.05, 3.63) is 24.3 Å². The molecule has 0 aromatic carbocycles. The summed E-state index contributed by atoms with van der Waals surface area (Å²) in [6.07, 6.45) is 0. The van der Waals surface area contributed by atoms with Gasteiger partial charge in [-0.05, 0) is 13.8 Å². The maximum atomic E-state index is 10.6. The topological polar surface area (TPSA) is 112 Å². The van der Waals surface area contributed by atoms with Gasteiger partial charge >= 0.3 is 11.9 Å². The summed E-state index contributed by atoms with van der Waals surface area (Å²) in [6, 6.07) is 0. The van der Waals surface area contributed by atoms with E-state index in [4.69, 9.17) is 10.2 Å². The molecule has 0 rings (SSSR count). The summed E-state index contributed by atoms with van der Waals surface area (Å²) in [7, 11) is 0. The average Bonchev–Trinajstić information content (AvgIpc) is 2.39. The molecule has 0 saturated heterocycles. The second-order valence-corrected chi connectivity index (χ2v) is 3.43. The Morgan fingerprint density at radius 2 is 1.25 bits per heavy atom. The first kappa shape index (κ1) is 20.6. The molecule has 0 fully saturated rings. The number of rotatable bonds is 8. The van der Waals surface area contributed by atoms with Gasteiger partial charge in [-0.25, -0.2) is 9.59 Å². The lowest BCUT2D eigenvalue weighted by Gasteiger charge is -2.00. The third-order valence-corrected chi connectivity index (χ3v) is 1.39. The van der Waals surface area contributed by atoms with Crippen LogP contribution in [0.5, 0.6) is 0 Å². The molecule has 0 aliphatic rings. The highest BCUT2D eigenvalue weighted by atomic mass is 17.5. The third-order valence-electron chi connectivity index (χ3n) is 1.39. The van der Waals surface area contributed by atoms with Gasteiger partial charge in [-0.3, -0.25) is 9.78 Å². The van der Waals surface area contributed by atoms with Crippen molar-refractivity contribution in [3.63, 3.8) is 0 Å². The van der Waals surface area contributed by atoms with E-state index in [1.54, 1.807) is 0 Å². The zero-order chi connectivity index (χ0) is 16.0. The Labute approximate surface area is 117 Å². The highest BCUT2D eigenvalue weighted by Crippen LogP contribution is 1.96. The summed E-state index contributed by atoms with van der Waals surface area (Å²) in [4.78, 5) is 29.3. The van der Waals surface area contributed by atoms with Gasteiger partial charge in [0.05, 0.1) is 26.4 Å². The molecule has 116 valence electrons. The molecule has 8 nitrogen and oxygen atoms in total. The van der Waals surface area contributed by atoms with E-state index in [0.29, 0.717) is 13.2 Å². The Morgan fingerprint density at radius 3 is 1.50 bits per heavy atom. The normalized spacial score (nSPS) is 9.00. The molecule has 20 heavy (non-hydrogen) atoms. The molecule has 0 saturated carbocycles. The summed E-state index contributed by atoms with van der Waals surface area (Å²) >= 11 is 0. The number of carbonyl (C=O) groups is 2.